The van der Waals surface area contributed by atoms with Crippen LogP contribution in [0, 0.1) is 11.3 Å². The van der Waals surface area contributed by atoms with E-state index in [0.717, 1.165) is 5.56 Å². The molecule has 2 aromatic rings. The molecule has 1 amide bonds. The second-order valence-electron chi connectivity index (χ2n) is 6.00. The number of nitrogens with one attached hydrogen (secondary N) is 1. The van der Waals surface area contributed by atoms with Gasteiger partial charge in [-0.05, 0) is 17.7 Å². The molecule has 2 N–H and O–H groups in total. The van der Waals surface area contributed by atoms with Crippen molar-refractivity contribution in [2.75, 3.05) is 13.1 Å². The van der Waals surface area contributed by atoms with E-state index in [1.165, 1.54) is 16.4 Å². The van der Waals surface area contributed by atoms with Crippen LogP contribution in [0.4, 0.5) is 4.79 Å². The number of benzene rings is 2. The fourth-order valence-electron chi connectivity index (χ4n) is 3.23. The van der Waals surface area contributed by atoms with Gasteiger partial charge in [-0.2, -0.15) is 9.57 Å². The lowest BCUT2D eigenvalue weighted by atomic mass is 9.94. The molecule has 0 saturated carbocycles. The topological polar surface area (TPSA) is 111 Å². The predicted octanol–water partition coefficient (Wildman–Crippen LogP) is 1.98. The third-order valence-electron chi connectivity index (χ3n) is 4.45. The highest BCUT2D eigenvalue weighted by atomic mass is 32.2. The van der Waals surface area contributed by atoms with E-state index in [-0.39, 0.29) is 29.5 Å². The first kappa shape index (κ1) is 17.9. The number of hydrogen-bond donors (Lipinski definition) is 2. The molecule has 1 heterocycles. The number of carboxylic acid groups (broad SMARTS) is 1. The van der Waals surface area contributed by atoms with Crippen molar-refractivity contribution in [1.29, 1.82) is 5.26 Å². The number of sulfonamides is 1. The fraction of sp³-hybridized carbons (Fsp3) is 0.222. The van der Waals surface area contributed by atoms with Crippen molar-refractivity contribution >= 4 is 16.1 Å². The molecule has 1 aliphatic rings. The number of nitriles is 1. The van der Waals surface area contributed by atoms with E-state index >= 15 is 0 Å². The maximum atomic E-state index is 13.0. The molecule has 7 nitrogen and oxygen atoms in total. The molecule has 0 aliphatic carbocycles. The van der Waals surface area contributed by atoms with Crippen molar-refractivity contribution in [2.24, 2.45) is 0 Å². The van der Waals surface area contributed by atoms with Crippen molar-refractivity contribution in [3.63, 3.8) is 0 Å². The molecule has 0 spiro atoms. The quantitative estimate of drug-likeness (QED) is 0.854. The van der Waals surface area contributed by atoms with Crippen LogP contribution in [0.1, 0.15) is 17.0 Å². The number of nitrogens with zero attached hydrogens (tertiary/aromatic N) is 2. The lowest BCUT2D eigenvalue weighted by Crippen LogP contribution is -2.39. The number of hydrogen-bond acceptors (Lipinski definition) is 4. The van der Waals surface area contributed by atoms with Crippen LogP contribution in [0.25, 0.3) is 0 Å². The molecule has 3 rings (SSSR count). The third-order valence-corrected chi connectivity index (χ3v) is 6.34. The summed E-state index contributed by atoms with van der Waals surface area (Å²) in [5.41, 5.74) is 0.927. The van der Waals surface area contributed by atoms with Crippen LogP contribution in [0.3, 0.4) is 0 Å². The van der Waals surface area contributed by atoms with E-state index in [4.69, 9.17) is 5.11 Å². The van der Waals surface area contributed by atoms with Gasteiger partial charge in [-0.1, -0.05) is 42.5 Å². The van der Waals surface area contributed by atoms with Crippen LogP contribution in [-0.4, -0.2) is 43.1 Å². The van der Waals surface area contributed by atoms with Crippen molar-refractivity contribution < 1.29 is 18.3 Å². The first-order valence-electron chi connectivity index (χ1n) is 7.97. The minimum absolute atomic E-state index is 0.00789. The summed E-state index contributed by atoms with van der Waals surface area (Å²) in [4.78, 5) is 11.1. The number of carbonyl (C=O) groups is 1. The Bertz CT molecular complexity index is 954. The third kappa shape index (κ3) is 3.40. The average molecular weight is 371 g/mol. The zero-order chi connectivity index (χ0) is 18.7. The first-order valence-corrected chi connectivity index (χ1v) is 9.41. The highest BCUT2D eigenvalue weighted by Gasteiger charge is 2.41. The van der Waals surface area contributed by atoms with Crippen LogP contribution in [-0.2, 0) is 10.0 Å². The lowest BCUT2D eigenvalue weighted by molar-refractivity contribution is 0.189. The summed E-state index contributed by atoms with van der Waals surface area (Å²) in [6.45, 7) is 0.144. The minimum Gasteiger partial charge on any atom is -0.465 e. The van der Waals surface area contributed by atoms with Gasteiger partial charge in [-0.25, -0.2) is 13.2 Å². The van der Waals surface area contributed by atoms with Gasteiger partial charge in [0.15, 0.2) is 0 Å². The molecule has 1 fully saturated rings. The summed E-state index contributed by atoms with van der Waals surface area (Å²) in [5, 5.41) is 20.7. The van der Waals surface area contributed by atoms with Gasteiger partial charge in [-0.3, -0.25) is 0 Å². The van der Waals surface area contributed by atoms with Gasteiger partial charge in [0.2, 0.25) is 10.0 Å². The first-order chi connectivity index (χ1) is 12.4. The molecule has 0 unspecified atom stereocenters. The van der Waals surface area contributed by atoms with Gasteiger partial charge in [0, 0.05) is 19.0 Å². The summed E-state index contributed by atoms with van der Waals surface area (Å²) < 4.78 is 27.3. The molecule has 2 aromatic carbocycles. The SMILES string of the molecule is N#Cc1ccccc1S(=O)(=O)N1C[C@@H](NC(=O)O)[C@H](c2ccccc2)C1. The Morgan fingerprint density at radius 1 is 1.12 bits per heavy atom. The molecule has 1 aliphatic heterocycles. The van der Waals surface area contributed by atoms with Gasteiger partial charge < -0.3 is 10.4 Å². The average Bonchev–Trinajstić information content (AvgIpc) is 3.06. The Hall–Kier alpha value is -2.89. The van der Waals surface area contributed by atoms with Crippen molar-refractivity contribution in [3.8, 4) is 6.07 Å². The van der Waals surface area contributed by atoms with Gasteiger partial charge >= 0.3 is 6.09 Å². The molecule has 2 atom stereocenters. The summed E-state index contributed by atoms with van der Waals surface area (Å²) in [5.74, 6) is -0.309. The van der Waals surface area contributed by atoms with Crippen LogP contribution in [0.5, 0.6) is 0 Å². The van der Waals surface area contributed by atoms with E-state index in [2.05, 4.69) is 5.32 Å². The zero-order valence-electron chi connectivity index (χ0n) is 13.7. The van der Waals surface area contributed by atoms with Crippen LogP contribution < -0.4 is 5.32 Å². The maximum absolute atomic E-state index is 13.0. The van der Waals surface area contributed by atoms with E-state index in [1.807, 2.05) is 36.4 Å². The number of amides is 1. The van der Waals surface area contributed by atoms with Gasteiger partial charge in [-0.15, -0.1) is 0 Å². The van der Waals surface area contributed by atoms with Crippen molar-refractivity contribution in [1.82, 2.24) is 9.62 Å². The molecular weight excluding hydrogens is 354 g/mol. The second kappa shape index (κ2) is 7.15. The Morgan fingerprint density at radius 2 is 1.77 bits per heavy atom. The normalized spacial score (nSPS) is 20.4. The van der Waals surface area contributed by atoms with E-state index in [9.17, 15) is 18.5 Å². The largest absolute Gasteiger partial charge is 0.465 e. The Morgan fingerprint density at radius 3 is 2.42 bits per heavy atom. The molecule has 134 valence electrons. The lowest BCUT2D eigenvalue weighted by Gasteiger charge is -2.18. The molecule has 0 aromatic heterocycles. The monoisotopic (exact) mass is 371 g/mol. The summed E-state index contributed by atoms with van der Waals surface area (Å²) in [6, 6.07) is 16.5. The summed E-state index contributed by atoms with van der Waals surface area (Å²) in [6.07, 6.45) is -1.20. The molecular formula is C18H17N3O4S. The molecule has 1 saturated heterocycles. The van der Waals surface area contributed by atoms with E-state index in [1.54, 1.807) is 12.1 Å². The summed E-state index contributed by atoms with van der Waals surface area (Å²) in [7, 11) is -3.91. The van der Waals surface area contributed by atoms with E-state index in [0.29, 0.717) is 0 Å². The molecule has 0 radical (unpaired) electrons. The summed E-state index contributed by atoms with van der Waals surface area (Å²) >= 11 is 0. The fourth-order valence-corrected chi connectivity index (χ4v) is 4.86. The molecule has 26 heavy (non-hydrogen) atoms. The van der Waals surface area contributed by atoms with Crippen molar-refractivity contribution in [3.05, 3.63) is 65.7 Å². The van der Waals surface area contributed by atoms with Gasteiger partial charge in [0.05, 0.1) is 16.5 Å². The Balaban J connectivity index is 1.96. The minimum atomic E-state index is -3.91. The van der Waals surface area contributed by atoms with Gasteiger partial charge in [0.1, 0.15) is 6.07 Å². The Labute approximate surface area is 151 Å². The predicted molar refractivity (Wildman–Crippen MR) is 94.0 cm³/mol. The van der Waals surface area contributed by atoms with Crippen LogP contribution in [0.15, 0.2) is 59.5 Å². The van der Waals surface area contributed by atoms with Crippen molar-refractivity contribution in [2.45, 2.75) is 16.9 Å². The maximum Gasteiger partial charge on any atom is 0.404 e. The standard InChI is InChI=1S/C18H17N3O4S/c19-10-14-8-4-5-9-17(14)26(24,25)21-11-15(13-6-2-1-3-7-13)16(12-21)20-18(22)23/h1-9,15-16,20H,11-12H2,(H,22,23)/t15-,16+/m0/s1. The van der Waals surface area contributed by atoms with Crippen LogP contribution in [0.2, 0.25) is 0 Å². The Kier molecular flexibility index (Phi) is 4.93. The molecule has 8 heteroatoms. The van der Waals surface area contributed by atoms with Gasteiger partial charge in [0.25, 0.3) is 0 Å². The molecule has 0 bridgehead atoms. The van der Waals surface area contributed by atoms with E-state index < -0.39 is 22.2 Å². The highest BCUT2D eigenvalue weighted by Crippen LogP contribution is 2.32. The smallest absolute Gasteiger partial charge is 0.404 e. The second-order valence-corrected chi connectivity index (χ2v) is 7.91. The number of rotatable bonds is 4. The van der Waals surface area contributed by atoms with Crippen LogP contribution >= 0.6 is 0 Å². The zero-order valence-corrected chi connectivity index (χ0v) is 14.6. The highest BCUT2D eigenvalue weighted by molar-refractivity contribution is 7.89.